The van der Waals surface area contributed by atoms with Crippen LogP contribution in [0.2, 0.25) is 0 Å². The number of nitrogens with one attached hydrogen (secondary N) is 1. The predicted octanol–water partition coefficient (Wildman–Crippen LogP) is 3.92. The van der Waals surface area contributed by atoms with Gasteiger partial charge in [-0.15, -0.1) is 11.3 Å². The molecule has 3 rings (SSSR count). The molecule has 0 aliphatic rings. The van der Waals surface area contributed by atoms with E-state index in [0.717, 1.165) is 16.7 Å². The van der Waals surface area contributed by atoms with Gasteiger partial charge in [0.2, 0.25) is 0 Å². The number of rotatable bonds is 4. The van der Waals surface area contributed by atoms with Crippen LogP contribution < -0.4 is 4.72 Å². The number of benzene rings is 1. The van der Waals surface area contributed by atoms with Crippen molar-refractivity contribution < 1.29 is 8.42 Å². The van der Waals surface area contributed by atoms with E-state index in [4.69, 9.17) is 0 Å². The Bertz CT molecular complexity index is 871. The molecule has 0 saturated carbocycles. The highest BCUT2D eigenvalue weighted by Gasteiger charge is 2.15. The molecule has 0 aliphatic carbocycles. The number of thiophene rings is 1. The molecule has 0 bridgehead atoms. The van der Waals surface area contributed by atoms with Gasteiger partial charge in [-0.3, -0.25) is 9.71 Å². The van der Waals surface area contributed by atoms with Crippen LogP contribution in [0.25, 0.3) is 11.1 Å². The molecule has 0 atom stereocenters. The summed E-state index contributed by atoms with van der Waals surface area (Å²) in [5.41, 5.74) is 3.71. The van der Waals surface area contributed by atoms with E-state index in [9.17, 15) is 8.42 Å². The fourth-order valence-corrected chi connectivity index (χ4v) is 4.16. The summed E-state index contributed by atoms with van der Waals surface area (Å²) in [6.07, 6.45) is 3.56. The van der Waals surface area contributed by atoms with Crippen molar-refractivity contribution in [2.45, 2.75) is 11.1 Å². The normalized spacial score (nSPS) is 11.3. The van der Waals surface area contributed by atoms with Crippen LogP contribution in [0.4, 0.5) is 5.69 Å². The quantitative estimate of drug-likeness (QED) is 0.789. The summed E-state index contributed by atoms with van der Waals surface area (Å²) >= 11 is 1.19. The highest BCUT2D eigenvalue weighted by atomic mass is 32.2. The van der Waals surface area contributed by atoms with Gasteiger partial charge in [0.15, 0.2) is 0 Å². The van der Waals surface area contributed by atoms with Crippen LogP contribution in [0.15, 0.2) is 64.4 Å². The average Bonchev–Trinajstić information content (AvgIpc) is 3.04. The van der Waals surface area contributed by atoms with Crippen molar-refractivity contribution in [1.82, 2.24) is 4.98 Å². The number of anilines is 1. The van der Waals surface area contributed by atoms with E-state index in [1.165, 1.54) is 11.3 Å². The summed E-state index contributed by atoms with van der Waals surface area (Å²) in [5.74, 6) is 0. The predicted molar refractivity (Wildman–Crippen MR) is 89.5 cm³/mol. The van der Waals surface area contributed by atoms with Gasteiger partial charge < -0.3 is 0 Å². The summed E-state index contributed by atoms with van der Waals surface area (Å²) in [7, 11) is -3.50. The number of pyridine rings is 1. The molecule has 0 saturated heterocycles. The first-order chi connectivity index (χ1) is 10.6. The minimum atomic E-state index is -3.50. The third-order valence-electron chi connectivity index (χ3n) is 3.25. The fraction of sp³-hybridized carbons (Fsp3) is 0.0625. The molecular weight excluding hydrogens is 316 g/mol. The van der Waals surface area contributed by atoms with Crippen molar-refractivity contribution in [3.8, 4) is 11.1 Å². The van der Waals surface area contributed by atoms with Crippen LogP contribution in [0.1, 0.15) is 5.56 Å². The average molecular weight is 330 g/mol. The first-order valence-corrected chi connectivity index (χ1v) is 9.00. The summed E-state index contributed by atoms with van der Waals surface area (Å²) < 4.78 is 27.2. The molecule has 0 unspecified atom stereocenters. The Morgan fingerprint density at radius 2 is 1.86 bits per heavy atom. The molecule has 1 N–H and O–H groups in total. The first kappa shape index (κ1) is 14.7. The zero-order chi connectivity index (χ0) is 15.6. The zero-order valence-electron chi connectivity index (χ0n) is 11.9. The van der Waals surface area contributed by atoms with Crippen LogP contribution in [-0.2, 0) is 10.0 Å². The highest BCUT2D eigenvalue weighted by molar-refractivity contribution is 7.94. The smallest absolute Gasteiger partial charge is 0.271 e. The molecule has 0 fully saturated rings. The van der Waals surface area contributed by atoms with Gasteiger partial charge in [0.1, 0.15) is 4.21 Å². The number of sulfonamides is 1. The van der Waals surface area contributed by atoms with Crippen LogP contribution >= 0.6 is 11.3 Å². The molecular formula is C16H14N2O2S2. The minimum Gasteiger partial charge on any atom is -0.279 e. The van der Waals surface area contributed by atoms with Crippen LogP contribution in [-0.4, -0.2) is 13.4 Å². The van der Waals surface area contributed by atoms with Crippen LogP contribution in [0, 0.1) is 6.92 Å². The lowest BCUT2D eigenvalue weighted by Gasteiger charge is -2.08. The maximum atomic E-state index is 12.2. The number of aryl methyl sites for hydroxylation is 1. The molecule has 0 spiro atoms. The van der Waals surface area contributed by atoms with Gasteiger partial charge in [-0.25, -0.2) is 8.42 Å². The molecule has 1 aromatic carbocycles. The molecule has 2 heterocycles. The maximum absolute atomic E-state index is 12.2. The summed E-state index contributed by atoms with van der Waals surface area (Å²) in [4.78, 5) is 4.13. The Morgan fingerprint density at radius 1 is 1.09 bits per heavy atom. The maximum Gasteiger partial charge on any atom is 0.271 e. The lowest BCUT2D eigenvalue weighted by molar-refractivity contribution is 0.603. The second kappa shape index (κ2) is 5.90. The number of nitrogens with zero attached hydrogens (tertiary/aromatic N) is 1. The van der Waals surface area contributed by atoms with Crippen molar-refractivity contribution in [3.05, 3.63) is 65.8 Å². The van der Waals surface area contributed by atoms with Crippen LogP contribution in [0.5, 0.6) is 0 Å². The Morgan fingerprint density at radius 3 is 2.50 bits per heavy atom. The molecule has 0 aliphatic heterocycles. The second-order valence-corrected chi connectivity index (χ2v) is 7.66. The molecule has 4 nitrogen and oxygen atoms in total. The van der Waals surface area contributed by atoms with E-state index in [0.29, 0.717) is 9.90 Å². The van der Waals surface area contributed by atoms with Gasteiger partial charge in [0, 0.05) is 23.6 Å². The van der Waals surface area contributed by atoms with Crippen molar-refractivity contribution in [2.75, 3.05) is 4.72 Å². The Hall–Kier alpha value is -2.18. The summed E-state index contributed by atoms with van der Waals surface area (Å²) in [5, 5.41) is 1.74. The van der Waals surface area contributed by atoms with Gasteiger partial charge in [-0.1, -0.05) is 18.2 Å². The molecule has 6 heteroatoms. The molecule has 0 amide bonds. The topological polar surface area (TPSA) is 59.1 Å². The van der Waals surface area contributed by atoms with Gasteiger partial charge in [0.25, 0.3) is 10.0 Å². The highest BCUT2D eigenvalue weighted by Crippen LogP contribution is 2.25. The third kappa shape index (κ3) is 3.03. The number of hydrogen-bond acceptors (Lipinski definition) is 4. The van der Waals surface area contributed by atoms with Crippen molar-refractivity contribution >= 4 is 27.0 Å². The second-order valence-electron chi connectivity index (χ2n) is 4.81. The van der Waals surface area contributed by atoms with E-state index in [2.05, 4.69) is 9.71 Å². The Labute approximate surface area is 133 Å². The van der Waals surface area contributed by atoms with Crippen molar-refractivity contribution in [3.63, 3.8) is 0 Å². The monoisotopic (exact) mass is 330 g/mol. The molecule has 22 heavy (non-hydrogen) atoms. The Balaban J connectivity index is 1.85. The molecule has 2 aromatic heterocycles. The number of hydrogen-bond donors (Lipinski definition) is 1. The lowest BCUT2D eigenvalue weighted by Crippen LogP contribution is -2.11. The van der Waals surface area contributed by atoms with Gasteiger partial charge >= 0.3 is 0 Å². The first-order valence-electron chi connectivity index (χ1n) is 6.64. The minimum absolute atomic E-state index is 0.305. The van der Waals surface area contributed by atoms with Crippen molar-refractivity contribution in [1.29, 1.82) is 0 Å². The third-order valence-corrected chi connectivity index (χ3v) is 6.03. The van der Waals surface area contributed by atoms with Gasteiger partial charge in [-0.05, 0) is 47.7 Å². The SMILES string of the molecule is Cc1ccncc1-c1ccc(NS(=O)(=O)c2cccs2)cc1. The van der Waals surface area contributed by atoms with Crippen LogP contribution in [0.3, 0.4) is 0 Å². The zero-order valence-corrected chi connectivity index (χ0v) is 13.5. The largest absolute Gasteiger partial charge is 0.279 e. The standard InChI is InChI=1S/C16H14N2O2S2/c1-12-8-9-17-11-15(12)13-4-6-14(7-5-13)18-22(19,20)16-3-2-10-21-16/h2-11,18H,1H3. The fourth-order valence-electron chi connectivity index (χ4n) is 2.11. The molecule has 3 aromatic rings. The Kier molecular flexibility index (Phi) is 3.96. The van der Waals surface area contributed by atoms with E-state index < -0.39 is 10.0 Å². The molecule has 0 radical (unpaired) electrons. The van der Waals surface area contributed by atoms with Gasteiger partial charge in [0.05, 0.1) is 0 Å². The lowest BCUT2D eigenvalue weighted by atomic mass is 10.0. The van der Waals surface area contributed by atoms with E-state index in [1.54, 1.807) is 42.0 Å². The summed E-state index contributed by atoms with van der Waals surface area (Å²) in [6, 6.07) is 12.5. The van der Waals surface area contributed by atoms with E-state index in [-0.39, 0.29) is 0 Å². The van der Waals surface area contributed by atoms with E-state index in [1.807, 2.05) is 25.1 Å². The van der Waals surface area contributed by atoms with E-state index >= 15 is 0 Å². The van der Waals surface area contributed by atoms with Gasteiger partial charge in [-0.2, -0.15) is 0 Å². The number of aromatic nitrogens is 1. The molecule has 112 valence electrons. The summed E-state index contributed by atoms with van der Waals surface area (Å²) in [6.45, 7) is 2.02. The van der Waals surface area contributed by atoms with Crippen molar-refractivity contribution in [2.24, 2.45) is 0 Å².